The van der Waals surface area contributed by atoms with Crippen LogP contribution in [0.4, 0.5) is 4.79 Å². The molecule has 12 heteroatoms. The second-order valence-corrected chi connectivity index (χ2v) is 12.4. The van der Waals surface area contributed by atoms with Gasteiger partial charge in [-0.15, -0.1) is 0 Å². The van der Waals surface area contributed by atoms with Crippen LogP contribution < -0.4 is 16.0 Å². The second-order valence-electron chi connectivity index (χ2n) is 12.4. The van der Waals surface area contributed by atoms with E-state index in [0.29, 0.717) is 24.3 Å². The molecule has 0 aliphatic heterocycles. The van der Waals surface area contributed by atoms with Crippen LogP contribution in [-0.2, 0) is 38.2 Å². The first-order valence-electron chi connectivity index (χ1n) is 13.8. The van der Waals surface area contributed by atoms with Gasteiger partial charge in [0.15, 0.2) is 0 Å². The Morgan fingerprint density at radius 1 is 0.854 bits per heavy atom. The van der Waals surface area contributed by atoms with Crippen LogP contribution in [0.5, 0.6) is 0 Å². The van der Waals surface area contributed by atoms with Gasteiger partial charge in [-0.3, -0.25) is 9.59 Å². The van der Waals surface area contributed by atoms with Crippen molar-refractivity contribution in [1.29, 1.82) is 0 Å². The van der Waals surface area contributed by atoms with Gasteiger partial charge >= 0.3 is 6.09 Å². The molecule has 0 saturated heterocycles. The first-order valence-corrected chi connectivity index (χ1v) is 13.8. The molecule has 0 aromatic carbocycles. The number of amides is 3. The minimum Gasteiger partial charge on any atom is -0.444 e. The van der Waals surface area contributed by atoms with E-state index in [1.165, 1.54) is 18.7 Å². The number of nitrogens with zero attached hydrogens (tertiary/aromatic N) is 3. The summed E-state index contributed by atoms with van der Waals surface area (Å²) in [5, 5.41) is 16.9. The molecular formula is C29H50N6O6. The van der Waals surface area contributed by atoms with E-state index in [9.17, 15) is 14.4 Å². The lowest BCUT2D eigenvalue weighted by Gasteiger charge is -2.35. The van der Waals surface area contributed by atoms with Gasteiger partial charge in [0.1, 0.15) is 28.5 Å². The molecule has 3 amide bonds. The van der Waals surface area contributed by atoms with E-state index in [2.05, 4.69) is 26.3 Å². The molecule has 0 saturated carbocycles. The molecule has 3 N–H and O–H groups in total. The maximum atomic E-state index is 12.3. The highest BCUT2D eigenvalue weighted by atomic mass is 16.6. The van der Waals surface area contributed by atoms with Gasteiger partial charge in [0.25, 0.3) is 0 Å². The van der Waals surface area contributed by atoms with E-state index in [0.717, 1.165) is 11.5 Å². The molecule has 0 bridgehead atoms. The number of carbonyl (C=O) groups is 3. The van der Waals surface area contributed by atoms with Crippen LogP contribution in [0.15, 0.2) is 21.2 Å². The molecule has 232 valence electrons. The summed E-state index contributed by atoms with van der Waals surface area (Å²) in [5.41, 5.74) is 0.0238. The average molecular weight is 579 g/mol. The van der Waals surface area contributed by atoms with Crippen molar-refractivity contribution in [3.05, 3.63) is 35.0 Å². The molecule has 2 aromatic heterocycles. The highest BCUT2D eigenvalue weighted by Crippen LogP contribution is 2.28. The number of carbonyl (C=O) groups excluding carboxylic acids is 3. The van der Waals surface area contributed by atoms with Crippen LogP contribution in [0.3, 0.4) is 0 Å². The summed E-state index contributed by atoms with van der Waals surface area (Å²) in [5.74, 6) is 1.31. The maximum Gasteiger partial charge on any atom is 0.410 e. The third kappa shape index (κ3) is 11.9. The molecule has 12 nitrogen and oxygen atoms in total. The molecule has 2 aromatic rings. The summed E-state index contributed by atoms with van der Waals surface area (Å²) < 4.78 is 16.0. The Morgan fingerprint density at radius 3 is 1.66 bits per heavy atom. The van der Waals surface area contributed by atoms with Crippen molar-refractivity contribution in [2.45, 2.75) is 118 Å². The summed E-state index contributed by atoms with van der Waals surface area (Å²) in [6, 6.07) is 3.72. The molecule has 41 heavy (non-hydrogen) atoms. The van der Waals surface area contributed by atoms with Crippen molar-refractivity contribution in [2.75, 3.05) is 14.1 Å². The Morgan fingerprint density at radius 2 is 1.27 bits per heavy atom. The van der Waals surface area contributed by atoms with E-state index < -0.39 is 17.2 Å². The predicted octanol–water partition coefficient (Wildman–Crippen LogP) is 4.04. The van der Waals surface area contributed by atoms with Gasteiger partial charge < -0.3 is 34.6 Å². The van der Waals surface area contributed by atoms with Crippen LogP contribution in [0.25, 0.3) is 0 Å². The Labute approximate surface area is 244 Å². The van der Waals surface area contributed by atoms with Crippen molar-refractivity contribution < 1.29 is 28.2 Å². The topological polar surface area (TPSA) is 152 Å². The van der Waals surface area contributed by atoms with Gasteiger partial charge in [0.05, 0.1) is 11.1 Å². The van der Waals surface area contributed by atoms with Gasteiger partial charge in [-0.2, -0.15) is 0 Å². The fraction of sp³-hybridized carbons (Fsp3) is 0.690. The van der Waals surface area contributed by atoms with Gasteiger partial charge in [-0.1, -0.05) is 10.3 Å². The first-order chi connectivity index (χ1) is 18.7. The van der Waals surface area contributed by atoms with Crippen molar-refractivity contribution in [3.8, 4) is 0 Å². The normalized spacial score (nSPS) is 13.4. The zero-order valence-corrected chi connectivity index (χ0v) is 27.0. The number of hydrogen-bond acceptors (Lipinski definition) is 9. The third-order valence-corrected chi connectivity index (χ3v) is 6.43. The highest BCUT2D eigenvalue weighted by molar-refractivity contribution is 5.73. The molecule has 2 heterocycles. The lowest BCUT2D eigenvalue weighted by molar-refractivity contribution is -0.120. The fourth-order valence-electron chi connectivity index (χ4n) is 3.66. The van der Waals surface area contributed by atoms with Crippen molar-refractivity contribution in [1.82, 2.24) is 31.2 Å². The molecular weight excluding hydrogens is 528 g/mol. The van der Waals surface area contributed by atoms with E-state index in [1.54, 1.807) is 13.1 Å². The number of rotatable bonds is 10. The molecule has 2 unspecified atom stereocenters. The smallest absolute Gasteiger partial charge is 0.410 e. The number of ether oxygens (including phenoxy) is 1. The lowest BCUT2D eigenvalue weighted by atomic mass is 9.98. The fourth-order valence-corrected chi connectivity index (χ4v) is 3.66. The zero-order valence-electron chi connectivity index (χ0n) is 27.0. The minimum absolute atomic E-state index is 0.0345. The molecule has 2 atom stereocenters. The number of nitrogens with one attached hydrogen (secondary N) is 3. The Bertz CT molecular complexity index is 1150. The first kappa shape index (κ1) is 35.6. The number of hydrogen-bond donors (Lipinski definition) is 3. The van der Waals surface area contributed by atoms with Crippen molar-refractivity contribution >= 4 is 17.9 Å². The monoisotopic (exact) mass is 578 g/mol. The van der Waals surface area contributed by atoms with E-state index in [-0.39, 0.29) is 29.4 Å². The van der Waals surface area contributed by atoms with Crippen molar-refractivity contribution in [2.24, 2.45) is 0 Å². The van der Waals surface area contributed by atoms with E-state index >= 15 is 0 Å². The third-order valence-electron chi connectivity index (χ3n) is 6.43. The quantitative estimate of drug-likeness (QED) is 0.379. The Kier molecular flexibility index (Phi) is 12.6. The molecule has 0 aliphatic carbocycles. The molecule has 0 radical (unpaired) electrons. The zero-order chi connectivity index (χ0) is 31.8. The summed E-state index contributed by atoms with van der Waals surface area (Å²) in [7, 11) is 3.55. The average Bonchev–Trinajstić information content (AvgIpc) is 3.47. The van der Waals surface area contributed by atoms with Crippen LogP contribution >= 0.6 is 0 Å². The van der Waals surface area contributed by atoms with Gasteiger partial charge in [0.2, 0.25) is 11.8 Å². The van der Waals surface area contributed by atoms with Crippen LogP contribution in [-0.4, -0.2) is 64.9 Å². The lowest BCUT2D eigenvalue weighted by Crippen LogP contribution is -2.45. The van der Waals surface area contributed by atoms with Crippen LogP contribution in [0.2, 0.25) is 0 Å². The Hall–Kier alpha value is -3.41. The van der Waals surface area contributed by atoms with Crippen molar-refractivity contribution in [3.63, 3.8) is 0 Å². The summed E-state index contributed by atoms with van der Waals surface area (Å²) in [6.07, 6.45) is 0.745. The SMILES string of the molecule is CC(=O)NC(C)Cc1cc(C(C)(C)N(C)C(=O)OC(C)(C)C)no1.CNC(C)(C)c1cc(CC(C)NC(C)=O)on1. The maximum absolute atomic E-state index is 12.3. The second kappa shape index (κ2) is 14.5. The van der Waals surface area contributed by atoms with Crippen LogP contribution in [0, 0.1) is 0 Å². The molecule has 0 spiro atoms. The summed E-state index contributed by atoms with van der Waals surface area (Å²) in [6.45, 7) is 20.1. The van der Waals surface area contributed by atoms with E-state index in [4.69, 9.17) is 13.8 Å². The van der Waals surface area contributed by atoms with E-state index in [1.807, 2.05) is 75.4 Å². The number of aromatic nitrogens is 2. The minimum atomic E-state index is -0.693. The largest absolute Gasteiger partial charge is 0.444 e. The Balaban J connectivity index is 0.000000435. The highest BCUT2D eigenvalue weighted by Gasteiger charge is 2.35. The van der Waals surface area contributed by atoms with Gasteiger partial charge in [0, 0.05) is 58.0 Å². The predicted molar refractivity (Wildman–Crippen MR) is 156 cm³/mol. The molecule has 2 rings (SSSR count). The standard InChI is InChI=1S/C17H29N3O4.C12H21N3O2/c1-11(18-12(2)21)9-13-10-14(19-24-13)17(6,7)20(8)15(22)23-16(3,4)5;1-8(14-9(2)16)6-10-7-11(15-17-10)12(3,4)13-5/h10-11H,9H2,1-8H3,(H,18,21);7-8,13H,6H2,1-5H3,(H,14,16). The molecule has 0 fully saturated rings. The molecule has 0 aliphatic rings. The van der Waals surface area contributed by atoms with Gasteiger partial charge in [-0.05, 0) is 69.4 Å². The van der Waals surface area contributed by atoms with Gasteiger partial charge in [-0.25, -0.2) is 4.79 Å². The summed E-state index contributed by atoms with van der Waals surface area (Å²) >= 11 is 0. The van der Waals surface area contributed by atoms with Crippen LogP contribution in [0.1, 0.15) is 99.1 Å². The summed E-state index contributed by atoms with van der Waals surface area (Å²) in [4.78, 5) is 35.7.